The van der Waals surface area contributed by atoms with E-state index in [1.807, 2.05) is 86.6 Å². The van der Waals surface area contributed by atoms with E-state index in [1.165, 1.54) is 23.1 Å². The lowest BCUT2D eigenvalue weighted by Gasteiger charge is -2.13. The van der Waals surface area contributed by atoms with Gasteiger partial charge in [-0.15, -0.1) is 23.1 Å². The van der Waals surface area contributed by atoms with Crippen molar-refractivity contribution in [3.05, 3.63) is 135 Å². The molecule has 10 heteroatoms. The first-order chi connectivity index (χ1) is 21.7. The van der Waals surface area contributed by atoms with Gasteiger partial charge in [-0.2, -0.15) is 0 Å². The summed E-state index contributed by atoms with van der Waals surface area (Å²) in [6, 6.07) is 33.2. The van der Waals surface area contributed by atoms with Crippen LogP contribution in [-0.2, 0) is 9.59 Å². The third kappa shape index (κ3) is 8.78. The van der Waals surface area contributed by atoms with Gasteiger partial charge in [0.05, 0.1) is 10.9 Å². The van der Waals surface area contributed by atoms with E-state index in [9.17, 15) is 14.4 Å². The Hall–Kier alpha value is -4.51. The average Bonchev–Trinajstić information content (AvgIpc) is 3.42. The van der Waals surface area contributed by atoms with Gasteiger partial charge in [-0.25, -0.2) is 4.98 Å². The lowest BCUT2D eigenvalue weighted by molar-refractivity contribution is -0.115. The van der Waals surface area contributed by atoms with Crippen LogP contribution in [0.25, 0.3) is 17.3 Å². The van der Waals surface area contributed by atoms with Crippen LogP contribution in [0.3, 0.4) is 0 Å². The van der Waals surface area contributed by atoms with Crippen molar-refractivity contribution < 1.29 is 14.4 Å². The zero-order chi connectivity index (χ0) is 31.8. The standard InChI is InChI=1S/C35H29BrN4O3S2/c1-22-31(25-9-5-3-6-10-25)39-35(45-22)40-32(41)23(2)44-29-19-17-28(18-20-29)37-34(43)30(21-24-13-15-27(36)16-14-24)38-33(42)26-11-7-4-8-12-26/h3-21,23H,1-2H3,(H,37,43)(H,38,42)(H,39,40,41)/b30-21-. The van der Waals surface area contributed by atoms with Crippen molar-refractivity contribution in [1.82, 2.24) is 10.3 Å². The number of thiazole rings is 1. The maximum Gasteiger partial charge on any atom is 0.272 e. The maximum atomic E-state index is 13.3. The largest absolute Gasteiger partial charge is 0.321 e. The van der Waals surface area contributed by atoms with Crippen molar-refractivity contribution in [1.29, 1.82) is 0 Å². The Bertz CT molecular complexity index is 1830. The van der Waals surface area contributed by atoms with Crippen LogP contribution in [-0.4, -0.2) is 28.0 Å². The van der Waals surface area contributed by atoms with E-state index >= 15 is 0 Å². The zero-order valence-electron chi connectivity index (χ0n) is 24.4. The molecule has 5 rings (SSSR count). The van der Waals surface area contributed by atoms with E-state index in [0.29, 0.717) is 16.4 Å². The number of carbonyl (C=O) groups is 3. The number of carbonyl (C=O) groups excluding carboxylic acids is 3. The van der Waals surface area contributed by atoms with Crippen molar-refractivity contribution in [2.75, 3.05) is 10.6 Å². The van der Waals surface area contributed by atoms with Crippen molar-refractivity contribution in [2.45, 2.75) is 24.0 Å². The van der Waals surface area contributed by atoms with E-state index in [0.717, 1.165) is 31.1 Å². The van der Waals surface area contributed by atoms with Gasteiger partial charge in [0.2, 0.25) is 5.91 Å². The quantitative estimate of drug-likeness (QED) is 0.101. The second-order valence-electron chi connectivity index (χ2n) is 9.95. The minimum atomic E-state index is -0.469. The van der Waals surface area contributed by atoms with Gasteiger partial charge in [0, 0.05) is 31.1 Å². The third-order valence-corrected chi connectivity index (χ3v) is 9.10. The van der Waals surface area contributed by atoms with E-state index in [4.69, 9.17) is 0 Å². The lowest BCUT2D eigenvalue weighted by atomic mass is 10.1. The summed E-state index contributed by atoms with van der Waals surface area (Å²) in [5.74, 6) is -1.01. The summed E-state index contributed by atoms with van der Waals surface area (Å²) in [6.07, 6.45) is 1.62. The molecule has 1 heterocycles. The summed E-state index contributed by atoms with van der Waals surface area (Å²) >= 11 is 6.26. The molecule has 0 spiro atoms. The van der Waals surface area contributed by atoms with Gasteiger partial charge in [-0.1, -0.05) is 76.6 Å². The molecule has 0 aliphatic carbocycles. The van der Waals surface area contributed by atoms with Gasteiger partial charge in [0.15, 0.2) is 5.13 Å². The van der Waals surface area contributed by atoms with E-state index in [1.54, 1.807) is 42.5 Å². The summed E-state index contributed by atoms with van der Waals surface area (Å²) in [6.45, 7) is 3.83. The lowest BCUT2D eigenvalue weighted by Crippen LogP contribution is -2.30. The van der Waals surface area contributed by atoms with Gasteiger partial charge < -0.3 is 16.0 Å². The molecule has 5 aromatic rings. The highest BCUT2D eigenvalue weighted by Crippen LogP contribution is 2.31. The minimum absolute atomic E-state index is 0.0998. The number of hydrogen-bond acceptors (Lipinski definition) is 6. The van der Waals surface area contributed by atoms with Gasteiger partial charge in [0.25, 0.3) is 11.8 Å². The number of anilines is 2. The normalized spacial score (nSPS) is 11.8. The summed E-state index contributed by atoms with van der Waals surface area (Å²) in [5, 5.41) is 8.72. The molecule has 0 fully saturated rings. The molecule has 226 valence electrons. The first-order valence-electron chi connectivity index (χ1n) is 14.0. The summed E-state index contributed by atoms with van der Waals surface area (Å²) in [4.78, 5) is 45.7. The molecule has 4 aromatic carbocycles. The van der Waals surface area contributed by atoms with Crippen molar-refractivity contribution in [3.8, 4) is 11.3 Å². The van der Waals surface area contributed by atoms with Gasteiger partial charge >= 0.3 is 0 Å². The number of rotatable bonds is 10. The molecular weight excluding hydrogens is 668 g/mol. The molecule has 1 atom stereocenters. The maximum absolute atomic E-state index is 13.3. The first kappa shape index (κ1) is 31.9. The van der Waals surface area contributed by atoms with Crippen molar-refractivity contribution in [2.24, 2.45) is 0 Å². The summed E-state index contributed by atoms with van der Waals surface area (Å²) in [5.41, 5.74) is 3.71. The number of nitrogens with one attached hydrogen (secondary N) is 3. The van der Waals surface area contributed by atoms with Crippen LogP contribution in [0.5, 0.6) is 0 Å². The van der Waals surface area contributed by atoms with Gasteiger partial charge in [0.1, 0.15) is 5.70 Å². The number of benzene rings is 4. The number of nitrogens with zero attached hydrogens (tertiary/aromatic N) is 1. The van der Waals surface area contributed by atoms with Crippen LogP contribution >= 0.6 is 39.0 Å². The molecule has 0 saturated carbocycles. The number of hydrogen-bond donors (Lipinski definition) is 3. The molecule has 0 saturated heterocycles. The molecule has 45 heavy (non-hydrogen) atoms. The predicted molar refractivity (Wildman–Crippen MR) is 187 cm³/mol. The van der Waals surface area contributed by atoms with Crippen molar-refractivity contribution in [3.63, 3.8) is 0 Å². The highest BCUT2D eigenvalue weighted by Gasteiger charge is 2.19. The molecule has 0 aliphatic heterocycles. The monoisotopic (exact) mass is 696 g/mol. The Labute approximate surface area is 278 Å². The van der Waals surface area contributed by atoms with Gasteiger partial charge in [-0.3, -0.25) is 14.4 Å². The molecule has 3 N–H and O–H groups in total. The Morgan fingerprint density at radius 2 is 1.49 bits per heavy atom. The molecule has 3 amide bonds. The van der Waals surface area contributed by atoms with E-state index in [-0.39, 0.29) is 16.9 Å². The fourth-order valence-electron chi connectivity index (χ4n) is 4.26. The molecule has 1 unspecified atom stereocenters. The average molecular weight is 698 g/mol. The van der Waals surface area contributed by atoms with Crippen molar-refractivity contribution >= 4 is 73.6 Å². The number of aromatic nitrogens is 1. The fourth-order valence-corrected chi connectivity index (χ4v) is 6.23. The second-order valence-corrected chi connectivity index (χ2v) is 13.5. The predicted octanol–water partition coefficient (Wildman–Crippen LogP) is 8.41. The molecule has 0 radical (unpaired) electrons. The SMILES string of the molecule is Cc1sc(NC(=O)C(C)Sc2ccc(NC(=O)/C(=C/c3ccc(Br)cc3)NC(=O)c3ccccc3)cc2)nc1-c1ccccc1. The van der Waals surface area contributed by atoms with Crippen LogP contribution in [0.2, 0.25) is 0 Å². The Morgan fingerprint density at radius 1 is 0.844 bits per heavy atom. The number of aryl methyl sites for hydroxylation is 1. The summed E-state index contributed by atoms with van der Waals surface area (Å²) < 4.78 is 0.902. The van der Waals surface area contributed by atoms with E-state index in [2.05, 4.69) is 36.9 Å². The molecule has 0 bridgehead atoms. The Balaban J connectivity index is 1.22. The minimum Gasteiger partial charge on any atom is -0.321 e. The number of thioether (sulfide) groups is 1. The molecular formula is C35H29BrN4O3S2. The first-order valence-corrected chi connectivity index (χ1v) is 16.5. The van der Waals surface area contributed by atoms with Crippen LogP contribution in [0, 0.1) is 6.92 Å². The fraction of sp³-hybridized carbons (Fsp3) is 0.0857. The molecule has 0 aliphatic rings. The highest BCUT2D eigenvalue weighted by atomic mass is 79.9. The van der Waals surface area contributed by atoms with Crippen LogP contribution in [0.1, 0.15) is 27.7 Å². The summed E-state index contributed by atoms with van der Waals surface area (Å²) in [7, 11) is 0. The smallest absolute Gasteiger partial charge is 0.272 e. The third-order valence-electron chi connectivity index (χ3n) is 6.58. The molecule has 7 nitrogen and oxygen atoms in total. The number of halogens is 1. The zero-order valence-corrected chi connectivity index (χ0v) is 27.6. The molecule has 1 aromatic heterocycles. The highest BCUT2D eigenvalue weighted by molar-refractivity contribution is 9.10. The van der Waals surface area contributed by atoms with Gasteiger partial charge in [-0.05, 0) is 74.0 Å². The Morgan fingerprint density at radius 3 is 2.16 bits per heavy atom. The number of amides is 3. The van der Waals surface area contributed by atoms with Crippen LogP contribution in [0.4, 0.5) is 10.8 Å². The second kappa shape index (κ2) is 15.0. The van der Waals surface area contributed by atoms with Crippen LogP contribution in [0.15, 0.2) is 124 Å². The van der Waals surface area contributed by atoms with Crippen LogP contribution < -0.4 is 16.0 Å². The topological polar surface area (TPSA) is 100 Å². The Kier molecular flexibility index (Phi) is 10.6. The van der Waals surface area contributed by atoms with E-state index < -0.39 is 11.8 Å².